The standard InChI is InChI=1S/C12H17FN2/c1-9-7-14-8-10(2)15(9)12-5-3-11(13)4-6-12/h3-6,9-10,14H,7-8H2,1-2H3/t9-,10-/m1/s1. The summed E-state index contributed by atoms with van der Waals surface area (Å²) in [4.78, 5) is 2.34. The molecule has 2 atom stereocenters. The van der Waals surface area contributed by atoms with Crippen LogP contribution >= 0.6 is 0 Å². The second-order valence-corrected chi connectivity index (χ2v) is 4.24. The summed E-state index contributed by atoms with van der Waals surface area (Å²) in [5, 5.41) is 3.38. The largest absolute Gasteiger partial charge is 0.364 e. The van der Waals surface area contributed by atoms with E-state index in [0.717, 1.165) is 18.8 Å². The third-order valence-electron chi connectivity index (χ3n) is 2.95. The molecule has 3 heteroatoms. The molecular weight excluding hydrogens is 191 g/mol. The monoisotopic (exact) mass is 208 g/mol. The van der Waals surface area contributed by atoms with E-state index in [1.807, 2.05) is 12.1 Å². The van der Waals surface area contributed by atoms with E-state index < -0.39 is 0 Å². The molecule has 1 fully saturated rings. The Morgan fingerprint density at radius 1 is 1.13 bits per heavy atom. The van der Waals surface area contributed by atoms with Gasteiger partial charge >= 0.3 is 0 Å². The van der Waals surface area contributed by atoms with Gasteiger partial charge < -0.3 is 10.2 Å². The Kier molecular flexibility index (Phi) is 2.91. The molecule has 0 unspecified atom stereocenters. The van der Waals surface area contributed by atoms with Gasteiger partial charge in [-0.2, -0.15) is 0 Å². The van der Waals surface area contributed by atoms with Crippen LogP contribution in [0.4, 0.5) is 10.1 Å². The van der Waals surface area contributed by atoms with Crippen LogP contribution in [0, 0.1) is 5.82 Å². The molecule has 0 saturated carbocycles. The second kappa shape index (κ2) is 4.19. The van der Waals surface area contributed by atoms with Gasteiger partial charge in [-0.15, -0.1) is 0 Å². The van der Waals surface area contributed by atoms with Gasteiger partial charge in [0.05, 0.1) is 0 Å². The van der Waals surface area contributed by atoms with Crippen molar-refractivity contribution < 1.29 is 4.39 Å². The lowest BCUT2D eigenvalue weighted by atomic mass is 10.1. The summed E-state index contributed by atoms with van der Waals surface area (Å²) in [6.45, 7) is 6.35. The summed E-state index contributed by atoms with van der Waals surface area (Å²) in [5.41, 5.74) is 1.11. The Hall–Kier alpha value is -1.09. The van der Waals surface area contributed by atoms with E-state index in [9.17, 15) is 4.39 Å². The maximum atomic E-state index is 12.8. The highest BCUT2D eigenvalue weighted by Crippen LogP contribution is 2.21. The summed E-state index contributed by atoms with van der Waals surface area (Å²) in [7, 11) is 0. The second-order valence-electron chi connectivity index (χ2n) is 4.24. The van der Waals surface area contributed by atoms with Crippen LogP contribution in [0.3, 0.4) is 0 Å². The van der Waals surface area contributed by atoms with Gasteiger partial charge in [0.15, 0.2) is 0 Å². The molecule has 1 aliphatic rings. The molecule has 0 spiro atoms. The molecule has 2 nitrogen and oxygen atoms in total. The number of piperazine rings is 1. The van der Waals surface area contributed by atoms with Crippen LogP contribution in [0.2, 0.25) is 0 Å². The highest BCUT2D eigenvalue weighted by atomic mass is 19.1. The van der Waals surface area contributed by atoms with Crippen molar-refractivity contribution in [1.82, 2.24) is 5.32 Å². The Labute approximate surface area is 90.1 Å². The molecule has 1 N–H and O–H groups in total. The van der Waals surface area contributed by atoms with Crippen LogP contribution in [-0.4, -0.2) is 25.2 Å². The molecule has 1 aromatic rings. The minimum atomic E-state index is -0.172. The SMILES string of the molecule is C[C@@H]1CNC[C@@H](C)N1c1ccc(F)cc1. The molecule has 0 radical (unpaired) electrons. The van der Waals surface area contributed by atoms with E-state index in [2.05, 4.69) is 24.1 Å². The van der Waals surface area contributed by atoms with Gasteiger partial charge in [-0.25, -0.2) is 4.39 Å². The molecule has 2 rings (SSSR count). The van der Waals surface area contributed by atoms with E-state index in [-0.39, 0.29) is 5.82 Å². The average Bonchev–Trinajstić information content (AvgIpc) is 2.20. The zero-order valence-corrected chi connectivity index (χ0v) is 9.20. The molecule has 0 amide bonds. The van der Waals surface area contributed by atoms with Gasteiger partial charge in [0.1, 0.15) is 5.82 Å². The third kappa shape index (κ3) is 2.12. The summed E-state index contributed by atoms with van der Waals surface area (Å²) in [6, 6.07) is 7.67. The van der Waals surface area contributed by atoms with Crippen molar-refractivity contribution in [2.24, 2.45) is 0 Å². The first-order chi connectivity index (χ1) is 7.18. The fraction of sp³-hybridized carbons (Fsp3) is 0.500. The number of nitrogens with zero attached hydrogens (tertiary/aromatic N) is 1. The topological polar surface area (TPSA) is 15.3 Å². The zero-order chi connectivity index (χ0) is 10.8. The van der Waals surface area contributed by atoms with Crippen LogP contribution < -0.4 is 10.2 Å². The molecular formula is C12H17FN2. The van der Waals surface area contributed by atoms with Crippen LogP contribution in [-0.2, 0) is 0 Å². The summed E-state index contributed by atoms with van der Waals surface area (Å²) in [5.74, 6) is -0.172. The first-order valence-corrected chi connectivity index (χ1v) is 5.43. The maximum Gasteiger partial charge on any atom is 0.123 e. The minimum absolute atomic E-state index is 0.172. The van der Waals surface area contributed by atoms with E-state index in [1.54, 1.807) is 0 Å². The number of benzene rings is 1. The van der Waals surface area contributed by atoms with Crippen molar-refractivity contribution in [3.63, 3.8) is 0 Å². The van der Waals surface area contributed by atoms with Crippen molar-refractivity contribution in [3.8, 4) is 0 Å². The summed E-state index contributed by atoms with van der Waals surface area (Å²) < 4.78 is 12.8. The zero-order valence-electron chi connectivity index (χ0n) is 9.20. The molecule has 1 heterocycles. The van der Waals surface area contributed by atoms with Crippen molar-refractivity contribution in [1.29, 1.82) is 0 Å². The van der Waals surface area contributed by atoms with Crippen LogP contribution in [0.25, 0.3) is 0 Å². The Balaban J connectivity index is 2.23. The maximum absolute atomic E-state index is 12.8. The average molecular weight is 208 g/mol. The highest BCUT2D eigenvalue weighted by molar-refractivity contribution is 5.48. The predicted octanol–water partition coefficient (Wildman–Crippen LogP) is 2.01. The van der Waals surface area contributed by atoms with Crippen LogP contribution in [0.5, 0.6) is 0 Å². The van der Waals surface area contributed by atoms with Gasteiger partial charge in [-0.3, -0.25) is 0 Å². The molecule has 0 bridgehead atoms. The first-order valence-electron chi connectivity index (χ1n) is 5.43. The van der Waals surface area contributed by atoms with Gasteiger partial charge in [-0.05, 0) is 38.1 Å². The highest BCUT2D eigenvalue weighted by Gasteiger charge is 2.24. The van der Waals surface area contributed by atoms with E-state index in [1.165, 1.54) is 12.1 Å². The number of halogens is 1. The van der Waals surface area contributed by atoms with Gasteiger partial charge in [0.2, 0.25) is 0 Å². The van der Waals surface area contributed by atoms with E-state index in [0.29, 0.717) is 12.1 Å². The quantitative estimate of drug-likeness (QED) is 0.759. The molecule has 0 aliphatic carbocycles. The lowest BCUT2D eigenvalue weighted by Gasteiger charge is -2.41. The molecule has 0 aromatic heterocycles. The normalized spacial score (nSPS) is 26.7. The minimum Gasteiger partial charge on any atom is -0.364 e. The summed E-state index contributed by atoms with van der Waals surface area (Å²) in [6.07, 6.45) is 0. The van der Waals surface area contributed by atoms with Gasteiger partial charge in [0.25, 0.3) is 0 Å². The fourth-order valence-corrected chi connectivity index (χ4v) is 2.25. The van der Waals surface area contributed by atoms with Crippen LogP contribution in [0.15, 0.2) is 24.3 Å². The van der Waals surface area contributed by atoms with Crippen molar-refractivity contribution in [3.05, 3.63) is 30.1 Å². The molecule has 1 aliphatic heterocycles. The van der Waals surface area contributed by atoms with Gasteiger partial charge in [-0.1, -0.05) is 0 Å². The number of hydrogen-bond acceptors (Lipinski definition) is 2. The fourth-order valence-electron chi connectivity index (χ4n) is 2.25. The third-order valence-corrected chi connectivity index (χ3v) is 2.95. The number of rotatable bonds is 1. The first kappa shape index (κ1) is 10.4. The smallest absolute Gasteiger partial charge is 0.123 e. The Morgan fingerprint density at radius 2 is 1.67 bits per heavy atom. The molecule has 1 aromatic carbocycles. The lowest BCUT2D eigenvalue weighted by Crippen LogP contribution is -2.55. The van der Waals surface area contributed by atoms with E-state index in [4.69, 9.17) is 0 Å². The van der Waals surface area contributed by atoms with Gasteiger partial charge in [0, 0.05) is 30.9 Å². The number of nitrogens with one attached hydrogen (secondary N) is 1. The number of anilines is 1. The van der Waals surface area contributed by atoms with Crippen molar-refractivity contribution in [2.75, 3.05) is 18.0 Å². The van der Waals surface area contributed by atoms with Crippen molar-refractivity contribution in [2.45, 2.75) is 25.9 Å². The van der Waals surface area contributed by atoms with Crippen LogP contribution in [0.1, 0.15) is 13.8 Å². The molecule has 1 saturated heterocycles. The summed E-state index contributed by atoms with van der Waals surface area (Å²) >= 11 is 0. The Bertz CT molecular complexity index is 313. The molecule has 15 heavy (non-hydrogen) atoms. The van der Waals surface area contributed by atoms with Crippen molar-refractivity contribution >= 4 is 5.69 Å². The number of hydrogen-bond donors (Lipinski definition) is 1. The predicted molar refractivity (Wildman–Crippen MR) is 60.7 cm³/mol. The lowest BCUT2D eigenvalue weighted by molar-refractivity contribution is 0.432. The Morgan fingerprint density at radius 3 is 2.20 bits per heavy atom. The van der Waals surface area contributed by atoms with E-state index >= 15 is 0 Å². The molecule has 82 valence electrons.